The van der Waals surface area contributed by atoms with Gasteiger partial charge in [0.15, 0.2) is 0 Å². The zero-order valence-electron chi connectivity index (χ0n) is 21.3. The van der Waals surface area contributed by atoms with Crippen LogP contribution < -0.4 is 4.74 Å². The van der Waals surface area contributed by atoms with Crippen LogP contribution in [-0.4, -0.2) is 69.2 Å². The maximum absolute atomic E-state index is 13.0. The minimum atomic E-state index is 0.0239. The first kappa shape index (κ1) is 24.7. The van der Waals surface area contributed by atoms with Crippen molar-refractivity contribution in [2.75, 3.05) is 32.8 Å². The lowest BCUT2D eigenvalue weighted by molar-refractivity contribution is -0.132. The van der Waals surface area contributed by atoms with Crippen molar-refractivity contribution < 1.29 is 14.3 Å². The Morgan fingerprint density at radius 2 is 1.73 bits per heavy atom. The number of rotatable bonds is 7. The fourth-order valence-electron chi connectivity index (χ4n) is 5.29. The summed E-state index contributed by atoms with van der Waals surface area (Å²) in [7, 11) is 0. The molecule has 8 heteroatoms. The number of likely N-dealkylation sites (tertiary alicyclic amines) is 2. The highest BCUT2D eigenvalue weighted by atomic mass is 16.5. The lowest BCUT2D eigenvalue weighted by Crippen LogP contribution is -2.44. The normalized spacial score (nSPS) is 17.0. The fraction of sp³-hybridized carbons (Fsp3) is 0.379. The second kappa shape index (κ2) is 11.0. The van der Waals surface area contributed by atoms with E-state index in [0.717, 1.165) is 54.9 Å². The van der Waals surface area contributed by atoms with E-state index in [4.69, 9.17) is 4.74 Å². The van der Waals surface area contributed by atoms with Crippen LogP contribution in [0.2, 0.25) is 0 Å². The van der Waals surface area contributed by atoms with Crippen molar-refractivity contribution in [3.05, 3.63) is 72.7 Å². The Kier molecular flexibility index (Phi) is 7.35. The van der Waals surface area contributed by atoms with Crippen molar-refractivity contribution in [1.29, 1.82) is 0 Å². The number of piperidine rings is 1. The first-order chi connectivity index (χ1) is 18.0. The third-order valence-electron chi connectivity index (χ3n) is 7.47. The van der Waals surface area contributed by atoms with Gasteiger partial charge in [-0.2, -0.15) is 5.10 Å². The van der Waals surface area contributed by atoms with Crippen molar-refractivity contribution in [3.8, 4) is 17.0 Å². The van der Waals surface area contributed by atoms with E-state index in [9.17, 15) is 9.59 Å². The quantitative estimate of drug-likeness (QED) is 0.461. The van der Waals surface area contributed by atoms with Crippen molar-refractivity contribution >= 4 is 17.9 Å². The molecule has 2 aliphatic rings. The number of nitrogens with zero attached hydrogens (tertiary/aromatic N) is 5. The Balaban J connectivity index is 1.12. The number of hydrogen-bond donors (Lipinski definition) is 0. The maximum Gasteiger partial charge on any atom is 0.246 e. The second-order valence-electron chi connectivity index (χ2n) is 9.83. The van der Waals surface area contributed by atoms with Gasteiger partial charge in [0.05, 0.1) is 12.3 Å². The van der Waals surface area contributed by atoms with Crippen LogP contribution in [0.1, 0.15) is 31.7 Å². The van der Waals surface area contributed by atoms with Crippen LogP contribution in [0.4, 0.5) is 0 Å². The van der Waals surface area contributed by atoms with E-state index in [1.165, 1.54) is 0 Å². The fourth-order valence-corrected chi connectivity index (χ4v) is 5.29. The molecule has 0 radical (unpaired) electrons. The van der Waals surface area contributed by atoms with Crippen molar-refractivity contribution in [2.24, 2.45) is 5.41 Å². The molecule has 0 atom stereocenters. The number of hydrogen-bond acceptors (Lipinski definition) is 5. The van der Waals surface area contributed by atoms with E-state index >= 15 is 0 Å². The largest absolute Gasteiger partial charge is 0.493 e. The SMILES string of the molecule is CCOc1ccccc1/C=C/C(=O)N1CCC2(CC1)CCN(C(=O)Cn1ccc(-c3ccncc3)n1)C2. The predicted molar refractivity (Wildman–Crippen MR) is 142 cm³/mol. The average Bonchev–Trinajstić information content (AvgIpc) is 3.57. The highest BCUT2D eigenvalue weighted by Gasteiger charge is 2.42. The molecule has 0 saturated carbocycles. The summed E-state index contributed by atoms with van der Waals surface area (Å²) in [5.74, 6) is 0.900. The molecule has 5 rings (SSSR count). The summed E-state index contributed by atoms with van der Waals surface area (Å²) in [4.78, 5) is 33.8. The van der Waals surface area contributed by atoms with E-state index in [1.807, 2.05) is 71.5 Å². The molecule has 2 aromatic heterocycles. The lowest BCUT2D eigenvalue weighted by atomic mass is 9.78. The number of benzene rings is 1. The summed E-state index contributed by atoms with van der Waals surface area (Å²) in [6.45, 7) is 5.72. The smallest absolute Gasteiger partial charge is 0.246 e. The highest BCUT2D eigenvalue weighted by Crippen LogP contribution is 2.40. The topological polar surface area (TPSA) is 80.6 Å². The minimum absolute atomic E-state index is 0.0239. The van der Waals surface area contributed by atoms with Gasteiger partial charge in [-0.15, -0.1) is 0 Å². The summed E-state index contributed by atoms with van der Waals surface area (Å²) in [6.07, 6.45) is 11.6. The Bertz CT molecular complexity index is 1260. The van der Waals surface area contributed by atoms with Crippen LogP contribution in [0.5, 0.6) is 5.75 Å². The molecule has 4 heterocycles. The monoisotopic (exact) mass is 499 g/mol. The minimum Gasteiger partial charge on any atom is -0.493 e. The van der Waals surface area contributed by atoms with Crippen molar-refractivity contribution in [2.45, 2.75) is 32.7 Å². The molecule has 0 bridgehead atoms. The van der Waals surface area contributed by atoms with E-state index < -0.39 is 0 Å². The molecule has 37 heavy (non-hydrogen) atoms. The van der Waals surface area contributed by atoms with E-state index in [1.54, 1.807) is 23.2 Å². The van der Waals surface area contributed by atoms with Crippen LogP contribution >= 0.6 is 0 Å². The molecule has 0 unspecified atom stereocenters. The Hall–Kier alpha value is -3.94. The Labute approximate surface area is 217 Å². The Morgan fingerprint density at radius 3 is 2.49 bits per heavy atom. The van der Waals surface area contributed by atoms with Gasteiger partial charge in [0.1, 0.15) is 12.3 Å². The van der Waals surface area contributed by atoms with Crippen LogP contribution in [0.3, 0.4) is 0 Å². The number of aromatic nitrogens is 3. The molecular formula is C29H33N5O3. The van der Waals surface area contributed by atoms with Gasteiger partial charge < -0.3 is 14.5 Å². The van der Waals surface area contributed by atoms with Gasteiger partial charge in [0.25, 0.3) is 0 Å². The molecule has 1 spiro atoms. The molecule has 2 fully saturated rings. The Morgan fingerprint density at radius 1 is 1.00 bits per heavy atom. The zero-order valence-corrected chi connectivity index (χ0v) is 21.3. The first-order valence-corrected chi connectivity index (χ1v) is 13.0. The zero-order chi connectivity index (χ0) is 25.7. The molecule has 192 valence electrons. The summed E-state index contributed by atoms with van der Waals surface area (Å²) in [6, 6.07) is 13.5. The van der Waals surface area contributed by atoms with Gasteiger partial charge in [0, 0.05) is 62.0 Å². The summed E-state index contributed by atoms with van der Waals surface area (Å²) < 4.78 is 7.36. The summed E-state index contributed by atoms with van der Waals surface area (Å²) >= 11 is 0. The molecule has 2 amide bonds. The number of ether oxygens (including phenoxy) is 1. The molecule has 8 nitrogen and oxygen atoms in total. The van der Waals surface area contributed by atoms with Gasteiger partial charge >= 0.3 is 0 Å². The van der Waals surface area contributed by atoms with Crippen LogP contribution in [0.15, 0.2) is 67.1 Å². The standard InChI is InChI=1S/C29H33N5O3/c1-2-37-26-6-4-3-5-24(26)7-8-27(35)32-18-12-29(13-19-32)14-20-33(22-29)28(36)21-34-17-11-25(31-34)23-9-15-30-16-10-23/h3-11,15-17H,2,12-14,18-22H2,1H3/b8-7+. The number of pyridine rings is 1. The van der Waals surface area contributed by atoms with Gasteiger partial charge in [-0.05, 0) is 61.9 Å². The average molecular weight is 500 g/mol. The predicted octanol–water partition coefficient (Wildman–Crippen LogP) is 3.90. The summed E-state index contributed by atoms with van der Waals surface area (Å²) in [5.41, 5.74) is 2.82. The van der Waals surface area contributed by atoms with Crippen molar-refractivity contribution in [3.63, 3.8) is 0 Å². The maximum atomic E-state index is 13.0. The van der Waals surface area contributed by atoms with E-state index in [-0.39, 0.29) is 23.8 Å². The van der Waals surface area contributed by atoms with Gasteiger partial charge in [-0.25, -0.2) is 0 Å². The molecular weight excluding hydrogens is 466 g/mol. The molecule has 2 saturated heterocycles. The summed E-state index contributed by atoms with van der Waals surface area (Å²) in [5, 5.41) is 4.56. The third kappa shape index (κ3) is 5.74. The van der Waals surface area contributed by atoms with Crippen LogP contribution in [-0.2, 0) is 16.1 Å². The van der Waals surface area contributed by atoms with Gasteiger partial charge in [-0.1, -0.05) is 18.2 Å². The number of carbonyl (C=O) groups is 2. The molecule has 3 aromatic rings. The van der Waals surface area contributed by atoms with Crippen LogP contribution in [0.25, 0.3) is 17.3 Å². The molecule has 0 aliphatic carbocycles. The number of carbonyl (C=O) groups excluding carboxylic acids is 2. The lowest BCUT2D eigenvalue weighted by Gasteiger charge is -2.39. The van der Waals surface area contributed by atoms with Crippen LogP contribution in [0, 0.1) is 5.41 Å². The van der Waals surface area contributed by atoms with Gasteiger partial charge in [-0.3, -0.25) is 19.3 Å². The number of para-hydroxylation sites is 1. The van der Waals surface area contributed by atoms with E-state index in [0.29, 0.717) is 19.7 Å². The molecule has 2 aliphatic heterocycles. The highest BCUT2D eigenvalue weighted by molar-refractivity contribution is 5.92. The molecule has 1 aromatic carbocycles. The van der Waals surface area contributed by atoms with E-state index in [2.05, 4.69) is 10.1 Å². The van der Waals surface area contributed by atoms with Crippen molar-refractivity contribution in [1.82, 2.24) is 24.6 Å². The van der Waals surface area contributed by atoms with Gasteiger partial charge in [0.2, 0.25) is 11.8 Å². The third-order valence-corrected chi connectivity index (χ3v) is 7.47. The first-order valence-electron chi connectivity index (χ1n) is 13.0. The number of amides is 2. The molecule has 0 N–H and O–H groups in total. The second-order valence-corrected chi connectivity index (χ2v) is 9.83.